The number of fused-ring (bicyclic) bond motifs is 1. The Balaban J connectivity index is 2.17. The van der Waals surface area contributed by atoms with Crippen molar-refractivity contribution in [2.24, 2.45) is 5.92 Å². The van der Waals surface area contributed by atoms with Gasteiger partial charge in [0.15, 0.2) is 0 Å². The summed E-state index contributed by atoms with van der Waals surface area (Å²) in [5.74, 6) is 0.159. The van der Waals surface area contributed by atoms with Crippen LogP contribution in [0.3, 0.4) is 0 Å². The number of carbonyl (C=O) groups is 1. The molecule has 1 aromatic carbocycles. The summed E-state index contributed by atoms with van der Waals surface area (Å²) in [6, 6.07) is 5.76. The highest BCUT2D eigenvalue weighted by Crippen LogP contribution is 2.27. The van der Waals surface area contributed by atoms with Crippen LogP contribution in [0.25, 0.3) is 10.2 Å². The lowest BCUT2D eigenvalue weighted by molar-refractivity contribution is -0.137. The number of nitrogens with zero attached hydrogens (tertiary/aromatic N) is 1. The molecule has 4 nitrogen and oxygen atoms in total. The summed E-state index contributed by atoms with van der Waals surface area (Å²) >= 11 is 1.60. The minimum absolute atomic E-state index is 0.102. The van der Waals surface area contributed by atoms with Crippen LogP contribution in [0.4, 0.5) is 0 Å². The highest BCUT2D eigenvalue weighted by molar-refractivity contribution is 7.18. The second kappa shape index (κ2) is 5.35. The minimum atomic E-state index is -0.759. The van der Waals surface area contributed by atoms with Crippen molar-refractivity contribution in [2.45, 2.75) is 19.8 Å². The molecule has 0 bridgehead atoms. The van der Waals surface area contributed by atoms with Crippen molar-refractivity contribution in [3.63, 3.8) is 0 Å². The fourth-order valence-electron chi connectivity index (χ4n) is 1.84. The molecule has 1 aromatic heterocycles. The van der Waals surface area contributed by atoms with Gasteiger partial charge in [0, 0.05) is 12.8 Å². The number of carboxylic acids is 1. The largest absolute Gasteiger partial charge is 0.497 e. The van der Waals surface area contributed by atoms with E-state index in [-0.39, 0.29) is 12.3 Å². The molecule has 18 heavy (non-hydrogen) atoms. The zero-order valence-electron chi connectivity index (χ0n) is 10.3. The van der Waals surface area contributed by atoms with Crippen molar-refractivity contribution < 1.29 is 14.6 Å². The van der Waals surface area contributed by atoms with E-state index >= 15 is 0 Å². The molecular formula is C13H15NO3S. The molecule has 0 aliphatic rings. The van der Waals surface area contributed by atoms with Gasteiger partial charge < -0.3 is 9.84 Å². The summed E-state index contributed by atoms with van der Waals surface area (Å²) < 4.78 is 6.24. The zero-order chi connectivity index (χ0) is 13.1. The Kier molecular flexibility index (Phi) is 3.81. The summed E-state index contributed by atoms with van der Waals surface area (Å²) in [5, 5.41) is 9.72. The van der Waals surface area contributed by atoms with Crippen LogP contribution >= 0.6 is 11.3 Å². The van der Waals surface area contributed by atoms with Gasteiger partial charge in [-0.15, -0.1) is 11.3 Å². The molecule has 1 heterocycles. The van der Waals surface area contributed by atoms with Crippen LogP contribution in [0.15, 0.2) is 18.2 Å². The second-order valence-electron chi connectivity index (χ2n) is 4.35. The third kappa shape index (κ3) is 2.98. The summed E-state index contributed by atoms with van der Waals surface area (Å²) in [4.78, 5) is 15.1. The minimum Gasteiger partial charge on any atom is -0.497 e. The summed E-state index contributed by atoms with van der Waals surface area (Å²) in [7, 11) is 1.64. The maximum atomic E-state index is 10.6. The van der Waals surface area contributed by atoms with Crippen molar-refractivity contribution in [3.8, 4) is 5.75 Å². The van der Waals surface area contributed by atoms with Gasteiger partial charge in [0.2, 0.25) is 0 Å². The molecule has 1 unspecified atom stereocenters. The Bertz CT molecular complexity index is 564. The van der Waals surface area contributed by atoms with Gasteiger partial charge in [0.1, 0.15) is 5.75 Å². The molecule has 0 amide bonds. The van der Waals surface area contributed by atoms with Crippen molar-refractivity contribution >= 4 is 27.5 Å². The number of carboxylic acid groups (broad SMARTS) is 1. The van der Waals surface area contributed by atoms with E-state index in [1.165, 1.54) is 0 Å². The predicted octanol–water partition coefficient (Wildman–Crippen LogP) is 2.96. The van der Waals surface area contributed by atoms with Crippen LogP contribution in [0.1, 0.15) is 18.4 Å². The van der Waals surface area contributed by atoms with Crippen molar-refractivity contribution in [2.75, 3.05) is 7.11 Å². The molecule has 0 saturated carbocycles. The van der Waals surface area contributed by atoms with Crippen molar-refractivity contribution in [3.05, 3.63) is 23.2 Å². The number of rotatable bonds is 5. The van der Waals surface area contributed by atoms with Gasteiger partial charge in [-0.25, -0.2) is 4.98 Å². The average molecular weight is 265 g/mol. The number of methoxy groups -OCH3 is 1. The van der Waals surface area contributed by atoms with Gasteiger partial charge in [0.25, 0.3) is 0 Å². The highest BCUT2D eigenvalue weighted by Gasteiger charge is 2.12. The Morgan fingerprint density at radius 3 is 3.00 bits per heavy atom. The van der Waals surface area contributed by atoms with Gasteiger partial charge in [-0.05, 0) is 24.1 Å². The van der Waals surface area contributed by atoms with Crippen LogP contribution < -0.4 is 4.74 Å². The topological polar surface area (TPSA) is 59.4 Å². The van der Waals surface area contributed by atoms with Crippen LogP contribution in [-0.4, -0.2) is 23.2 Å². The molecule has 0 fully saturated rings. The smallest absolute Gasteiger partial charge is 0.303 e. The van der Waals surface area contributed by atoms with Crippen LogP contribution in [0, 0.1) is 5.92 Å². The zero-order valence-corrected chi connectivity index (χ0v) is 11.2. The molecule has 96 valence electrons. The SMILES string of the molecule is COc1ccc2nc(CC(C)CC(=O)O)sc2c1. The van der Waals surface area contributed by atoms with Crippen LogP contribution in [0.5, 0.6) is 5.75 Å². The van der Waals surface area contributed by atoms with Crippen LogP contribution in [-0.2, 0) is 11.2 Å². The van der Waals surface area contributed by atoms with E-state index < -0.39 is 5.97 Å². The second-order valence-corrected chi connectivity index (χ2v) is 5.46. The highest BCUT2D eigenvalue weighted by atomic mass is 32.1. The maximum Gasteiger partial charge on any atom is 0.303 e. The summed E-state index contributed by atoms with van der Waals surface area (Å²) in [6.45, 7) is 1.93. The quantitative estimate of drug-likeness (QED) is 0.903. The van der Waals surface area contributed by atoms with E-state index in [9.17, 15) is 4.79 Å². The molecule has 0 saturated heterocycles. The first-order valence-corrected chi connectivity index (χ1v) is 6.55. The Morgan fingerprint density at radius 1 is 1.56 bits per heavy atom. The average Bonchev–Trinajstić information content (AvgIpc) is 2.68. The van der Waals surface area contributed by atoms with E-state index in [0.29, 0.717) is 6.42 Å². The molecular weight excluding hydrogens is 250 g/mol. The fourth-order valence-corrected chi connectivity index (χ4v) is 2.99. The summed E-state index contributed by atoms with van der Waals surface area (Å²) in [6.07, 6.45) is 0.882. The van der Waals surface area contributed by atoms with Gasteiger partial charge in [-0.3, -0.25) is 4.79 Å². The molecule has 2 rings (SSSR count). The third-order valence-corrected chi connectivity index (χ3v) is 3.73. The lowest BCUT2D eigenvalue weighted by Gasteiger charge is -2.04. The molecule has 0 spiro atoms. The molecule has 5 heteroatoms. The van der Waals surface area contributed by atoms with Gasteiger partial charge in [-0.1, -0.05) is 6.92 Å². The number of hydrogen-bond donors (Lipinski definition) is 1. The van der Waals surface area contributed by atoms with E-state index in [0.717, 1.165) is 21.0 Å². The number of benzene rings is 1. The number of aliphatic carboxylic acids is 1. The lowest BCUT2D eigenvalue weighted by Crippen LogP contribution is -2.06. The number of hydrogen-bond acceptors (Lipinski definition) is 4. The first-order chi connectivity index (χ1) is 8.58. The molecule has 2 aromatic rings. The standard InChI is InChI=1S/C13H15NO3S/c1-8(6-13(15)16)5-12-14-10-4-3-9(17-2)7-11(10)18-12/h3-4,7-8H,5-6H2,1-2H3,(H,15,16). The van der Waals surface area contributed by atoms with Crippen LogP contribution in [0.2, 0.25) is 0 Å². The molecule has 0 aliphatic heterocycles. The molecule has 0 radical (unpaired) electrons. The van der Waals surface area contributed by atoms with E-state index in [4.69, 9.17) is 9.84 Å². The fraction of sp³-hybridized carbons (Fsp3) is 0.385. The van der Waals surface area contributed by atoms with Crippen molar-refractivity contribution in [1.82, 2.24) is 4.98 Å². The third-order valence-electron chi connectivity index (χ3n) is 2.69. The number of aromatic nitrogens is 1. The van der Waals surface area contributed by atoms with E-state index in [1.54, 1.807) is 18.4 Å². The lowest BCUT2D eigenvalue weighted by atomic mass is 10.1. The Labute approximate surface area is 109 Å². The first-order valence-electron chi connectivity index (χ1n) is 5.73. The van der Waals surface area contributed by atoms with Gasteiger partial charge >= 0.3 is 5.97 Å². The molecule has 1 N–H and O–H groups in total. The van der Waals surface area contributed by atoms with E-state index in [1.807, 2.05) is 25.1 Å². The van der Waals surface area contributed by atoms with Gasteiger partial charge in [0.05, 0.1) is 22.3 Å². The van der Waals surface area contributed by atoms with E-state index in [2.05, 4.69) is 4.98 Å². The Morgan fingerprint density at radius 2 is 2.33 bits per heavy atom. The van der Waals surface area contributed by atoms with Crippen molar-refractivity contribution in [1.29, 1.82) is 0 Å². The summed E-state index contributed by atoms with van der Waals surface area (Å²) in [5.41, 5.74) is 0.943. The first kappa shape index (κ1) is 12.8. The monoisotopic (exact) mass is 265 g/mol. The molecule has 1 atom stereocenters. The Hall–Kier alpha value is -1.62. The predicted molar refractivity (Wildman–Crippen MR) is 71.3 cm³/mol. The normalized spacial score (nSPS) is 12.6. The van der Waals surface area contributed by atoms with Gasteiger partial charge in [-0.2, -0.15) is 0 Å². The molecule has 0 aliphatic carbocycles. The number of ether oxygens (including phenoxy) is 1. The maximum absolute atomic E-state index is 10.6. The number of thiazole rings is 1.